The van der Waals surface area contributed by atoms with Crippen molar-refractivity contribution in [3.63, 3.8) is 0 Å². The number of thiazole rings is 1. The first kappa shape index (κ1) is 19.3. The molecule has 2 aromatic rings. The van der Waals surface area contributed by atoms with Gasteiger partial charge in [0.15, 0.2) is 0 Å². The fourth-order valence-electron chi connectivity index (χ4n) is 3.47. The highest BCUT2D eigenvalue weighted by Crippen LogP contribution is 2.47. The van der Waals surface area contributed by atoms with Crippen molar-refractivity contribution in [2.24, 2.45) is 5.41 Å². The number of carbonyl (C=O) groups excluding carboxylic acids is 1. The van der Waals surface area contributed by atoms with E-state index in [0.29, 0.717) is 24.3 Å². The molecule has 2 fully saturated rings. The molecule has 4 rings (SSSR count). The number of alkyl halides is 2. The van der Waals surface area contributed by atoms with Crippen molar-refractivity contribution in [1.82, 2.24) is 9.88 Å². The molecule has 1 saturated carbocycles. The van der Waals surface area contributed by atoms with Gasteiger partial charge in [0.25, 0.3) is 0 Å². The maximum Gasteiger partial charge on any atom is 0.387 e. The fraction of sp³-hybridized carbons (Fsp3) is 0.500. The van der Waals surface area contributed by atoms with Crippen molar-refractivity contribution in [2.45, 2.75) is 45.5 Å². The summed E-state index contributed by atoms with van der Waals surface area (Å²) in [6.07, 6.45) is 1.46. The highest BCUT2D eigenvalue weighted by Gasteiger charge is 2.48. The number of halogens is 2. The molecule has 0 bridgehead atoms. The van der Waals surface area contributed by atoms with Gasteiger partial charge in [-0.25, -0.2) is 4.98 Å². The van der Waals surface area contributed by atoms with Crippen LogP contribution in [0.4, 0.5) is 8.78 Å². The van der Waals surface area contributed by atoms with Gasteiger partial charge in [0, 0.05) is 22.9 Å². The van der Waals surface area contributed by atoms with Crippen LogP contribution in [-0.2, 0) is 9.53 Å². The maximum absolute atomic E-state index is 12.7. The summed E-state index contributed by atoms with van der Waals surface area (Å²) in [4.78, 5) is 19.2. The first-order chi connectivity index (χ1) is 13.4. The van der Waals surface area contributed by atoms with Gasteiger partial charge in [0.05, 0.1) is 18.3 Å². The van der Waals surface area contributed by atoms with Crippen molar-refractivity contribution in [3.05, 3.63) is 34.7 Å². The number of hydrogen-bond acceptors (Lipinski definition) is 5. The molecule has 2 heterocycles. The Kier molecular flexibility index (Phi) is 5.09. The minimum absolute atomic E-state index is 0.0887. The van der Waals surface area contributed by atoms with Crippen LogP contribution in [0.15, 0.2) is 29.6 Å². The van der Waals surface area contributed by atoms with Crippen LogP contribution in [-0.4, -0.2) is 41.6 Å². The second-order valence-electron chi connectivity index (χ2n) is 7.65. The Morgan fingerprint density at radius 1 is 1.36 bits per heavy atom. The number of morpholine rings is 1. The molecule has 2 atom stereocenters. The van der Waals surface area contributed by atoms with Crippen molar-refractivity contribution in [2.75, 3.05) is 13.1 Å². The molecule has 2 aliphatic rings. The predicted molar refractivity (Wildman–Crippen MR) is 101 cm³/mol. The van der Waals surface area contributed by atoms with Gasteiger partial charge in [-0.1, -0.05) is 19.1 Å². The SMILES string of the molecule is C[C@@H]1CN(C(=O)C2(C)CC2)C[C@H](c2nc(-c3ccccc3OC(F)F)cs2)O1. The summed E-state index contributed by atoms with van der Waals surface area (Å²) >= 11 is 1.40. The molecule has 0 N–H and O–H groups in total. The molecule has 150 valence electrons. The van der Waals surface area contributed by atoms with Crippen LogP contribution in [0, 0.1) is 5.41 Å². The minimum atomic E-state index is -2.90. The molecule has 8 heteroatoms. The Morgan fingerprint density at radius 3 is 2.82 bits per heavy atom. The Bertz CT molecular complexity index is 869. The summed E-state index contributed by atoms with van der Waals surface area (Å²) in [5, 5.41) is 2.53. The van der Waals surface area contributed by atoms with E-state index in [1.54, 1.807) is 23.6 Å². The van der Waals surface area contributed by atoms with Crippen molar-refractivity contribution < 1.29 is 23.0 Å². The summed E-state index contributed by atoms with van der Waals surface area (Å²) < 4.78 is 36.0. The first-order valence-electron chi connectivity index (χ1n) is 9.30. The normalized spacial score (nSPS) is 23.7. The summed E-state index contributed by atoms with van der Waals surface area (Å²) in [5.74, 6) is 0.269. The number of aromatic nitrogens is 1. The molecule has 1 aliphatic heterocycles. The average Bonchev–Trinajstić information content (AvgIpc) is 3.22. The second-order valence-corrected chi connectivity index (χ2v) is 8.54. The average molecular weight is 408 g/mol. The highest BCUT2D eigenvalue weighted by molar-refractivity contribution is 7.10. The van der Waals surface area contributed by atoms with E-state index in [1.165, 1.54) is 17.4 Å². The number of nitrogens with zero attached hydrogens (tertiary/aromatic N) is 2. The maximum atomic E-state index is 12.7. The number of amides is 1. The number of para-hydroxylation sites is 1. The van der Waals surface area contributed by atoms with E-state index in [1.807, 2.05) is 18.7 Å². The summed E-state index contributed by atoms with van der Waals surface area (Å²) in [7, 11) is 0. The van der Waals surface area contributed by atoms with Crippen LogP contribution in [0.2, 0.25) is 0 Å². The smallest absolute Gasteiger partial charge is 0.387 e. The van der Waals surface area contributed by atoms with E-state index in [9.17, 15) is 13.6 Å². The molecule has 28 heavy (non-hydrogen) atoms. The van der Waals surface area contributed by atoms with E-state index >= 15 is 0 Å². The Morgan fingerprint density at radius 2 is 2.11 bits per heavy atom. The molecule has 1 aromatic heterocycles. The standard InChI is InChI=1S/C20H22F2N2O3S/c1-12-9-24(18(25)20(2)7-8-20)10-16(26-12)17-23-14(11-28-17)13-5-3-4-6-15(13)27-19(21)22/h3-6,11-12,16,19H,7-10H2,1-2H3/t12-,16-/m1/s1. The van der Waals surface area contributed by atoms with E-state index < -0.39 is 6.61 Å². The lowest BCUT2D eigenvalue weighted by molar-refractivity contribution is -0.149. The molecule has 1 saturated heterocycles. The Hall–Kier alpha value is -2.06. The molecule has 5 nitrogen and oxygen atoms in total. The number of carbonyl (C=O) groups is 1. The molecule has 0 spiro atoms. The number of benzene rings is 1. The van der Waals surface area contributed by atoms with Crippen LogP contribution in [0.3, 0.4) is 0 Å². The van der Waals surface area contributed by atoms with Crippen LogP contribution < -0.4 is 4.74 Å². The Balaban J connectivity index is 1.55. The zero-order valence-corrected chi connectivity index (χ0v) is 16.5. The lowest BCUT2D eigenvalue weighted by atomic mass is 10.1. The minimum Gasteiger partial charge on any atom is -0.434 e. The van der Waals surface area contributed by atoms with E-state index in [4.69, 9.17) is 4.74 Å². The van der Waals surface area contributed by atoms with Gasteiger partial charge in [-0.2, -0.15) is 8.78 Å². The molecular formula is C20H22F2N2O3S. The largest absolute Gasteiger partial charge is 0.434 e. The number of ether oxygens (including phenoxy) is 2. The van der Waals surface area contributed by atoms with Gasteiger partial charge < -0.3 is 14.4 Å². The predicted octanol–water partition coefficient (Wildman–Crippen LogP) is 4.50. The highest BCUT2D eigenvalue weighted by atomic mass is 32.1. The fourth-order valence-corrected chi connectivity index (χ4v) is 4.32. The van der Waals surface area contributed by atoms with Crippen molar-refractivity contribution in [1.29, 1.82) is 0 Å². The van der Waals surface area contributed by atoms with Crippen LogP contribution in [0.1, 0.15) is 37.8 Å². The summed E-state index contributed by atoms with van der Waals surface area (Å²) in [5.41, 5.74) is 0.846. The molecule has 0 unspecified atom stereocenters. The number of hydrogen-bond donors (Lipinski definition) is 0. The summed E-state index contributed by atoms with van der Waals surface area (Å²) in [6, 6.07) is 6.59. The first-order valence-corrected chi connectivity index (χ1v) is 10.2. The molecule has 1 aromatic carbocycles. The van der Waals surface area contributed by atoms with Gasteiger partial charge in [-0.15, -0.1) is 11.3 Å². The lowest BCUT2D eigenvalue weighted by Gasteiger charge is -2.37. The van der Waals surface area contributed by atoms with Crippen molar-refractivity contribution in [3.8, 4) is 17.0 Å². The van der Waals surface area contributed by atoms with E-state index in [2.05, 4.69) is 9.72 Å². The summed E-state index contributed by atoms with van der Waals surface area (Å²) in [6.45, 7) is 2.09. The third-order valence-corrected chi connectivity index (χ3v) is 6.18. The lowest BCUT2D eigenvalue weighted by Crippen LogP contribution is -2.48. The third-order valence-electron chi connectivity index (χ3n) is 5.24. The van der Waals surface area contributed by atoms with Gasteiger partial charge >= 0.3 is 6.61 Å². The molecule has 0 radical (unpaired) electrons. The quantitative estimate of drug-likeness (QED) is 0.731. The van der Waals surface area contributed by atoms with Crippen molar-refractivity contribution >= 4 is 17.2 Å². The molecule has 1 aliphatic carbocycles. The third kappa shape index (κ3) is 3.89. The zero-order chi connectivity index (χ0) is 19.9. The second kappa shape index (κ2) is 7.40. The number of rotatable bonds is 5. The van der Waals surface area contributed by atoms with E-state index in [0.717, 1.165) is 17.8 Å². The van der Waals surface area contributed by atoms with Crippen LogP contribution in [0.25, 0.3) is 11.3 Å². The van der Waals surface area contributed by atoms with Crippen LogP contribution in [0.5, 0.6) is 5.75 Å². The van der Waals surface area contributed by atoms with Gasteiger partial charge in [-0.3, -0.25) is 4.79 Å². The van der Waals surface area contributed by atoms with Crippen LogP contribution >= 0.6 is 11.3 Å². The zero-order valence-electron chi connectivity index (χ0n) is 15.7. The van der Waals surface area contributed by atoms with E-state index in [-0.39, 0.29) is 29.3 Å². The molecule has 1 amide bonds. The van der Waals surface area contributed by atoms with Gasteiger partial charge in [-0.05, 0) is 31.9 Å². The Labute approximate surface area is 166 Å². The van der Waals surface area contributed by atoms with Gasteiger partial charge in [0.2, 0.25) is 5.91 Å². The molecular weight excluding hydrogens is 386 g/mol. The monoisotopic (exact) mass is 408 g/mol. The topological polar surface area (TPSA) is 51.7 Å². The van der Waals surface area contributed by atoms with Gasteiger partial charge in [0.1, 0.15) is 16.9 Å².